The Morgan fingerprint density at radius 2 is 1.91 bits per heavy atom. The Bertz CT molecular complexity index is 751. The number of aromatic nitrogens is 2. The monoisotopic (exact) mass is 332 g/mol. The highest BCUT2D eigenvalue weighted by molar-refractivity contribution is 7.03. The summed E-state index contributed by atoms with van der Waals surface area (Å²) in [6.45, 7) is 5.83. The number of hydrogen-bond donors (Lipinski definition) is 0. The standard InChI is InChI=1S/C17H24N4OS/c1-3-21-16(23-19(2)17(21)22)18-15-9-11-20(12-10-15)13-14-7-5-4-6-8-14/h4-8,15H,3,9-13H2,1-2H3. The molecule has 0 spiro atoms. The summed E-state index contributed by atoms with van der Waals surface area (Å²) in [6.07, 6.45) is 2.12. The predicted molar refractivity (Wildman–Crippen MR) is 93.5 cm³/mol. The summed E-state index contributed by atoms with van der Waals surface area (Å²) >= 11 is 1.45. The van der Waals surface area contributed by atoms with Crippen molar-refractivity contribution in [2.45, 2.75) is 38.9 Å². The fraction of sp³-hybridized carbons (Fsp3) is 0.529. The molecule has 1 saturated heterocycles. The fourth-order valence-electron chi connectivity index (χ4n) is 3.03. The van der Waals surface area contributed by atoms with Crippen molar-refractivity contribution < 1.29 is 0 Å². The van der Waals surface area contributed by atoms with Gasteiger partial charge in [0.2, 0.25) is 4.80 Å². The van der Waals surface area contributed by atoms with Gasteiger partial charge in [-0.1, -0.05) is 30.3 Å². The van der Waals surface area contributed by atoms with Gasteiger partial charge in [-0.2, -0.15) is 0 Å². The van der Waals surface area contributed by atoms with Crippen LogP contribution >= 0.6 is 11.5 Å². The van der Waals surface area contributed by atoms with E-state index in [0.29, 0.717) is 12.6 Å². The van der Waals surface area contributed by atoms with Crippen LogP contribution in [-0.2, 0) is 20.1 Å². The molecule has 0 bridgehead atoms. The average Bonchev–Trinajstić information content (AvgIpc) is 2.84. The quantitative estimate of drug-likeness (QED) is 0.857. The normalized spacial score (nSPS) is 17.7. The Morgan fingerprint density at radius 3 is 2.57 bits per heavy atom. The van der Waals surface area contributed by atoms with Gasteiger partial charge >= 0.3 is 5.69 Å². The summed E-state index contributed by atoms with van der Waals surface area (Å²) in [5, 5.41) is 0. The van der Waals surface area contributed by atoms with Crippen molar-refractivity contribution in [2.75, 3.05) is 13.1 Å². The maximum absolute atomic E-state index is 12.0. The summed E-state index contributed by atoms with van der Waals surface area (Å²) in [7, 11) is 1.81. The first kappa shape index (κ1) is 16.2. The maximum atomic E-state index is 12.0. The van der Waals surface area contributed by atoms with E-state index in [0.717, 1.165) is 37.3 Å². The molecule has 5 nitrogen and oxygen atoms in total. The van der Waals surface area contributed by atoms with Gasteiger partial charge in [0.15, 0.2) is 0 Å². The molecule has 6 heteroatoms. The molecule has 0 radical (unpaired) electrons. The molecule has 3 rings (SSSR count). The van der Waals surface area contributed by atoms with Gasteiger partial charge < -0.3 is 0 Å². The lowest BCUT2D eigenvalue weighted by Gasteiger charge is -2.30. The average molecular weight is 332 g/mol. The predicted octanol–water partition coefficient (Wildman–Crippen LogP) is 1.83. The highest BCUT2D eigenvalue weighted by atomic mass is 32.1. The number of likely N-dealkylation sites (tertiary alicyclic amines) is 1. The van der Waals surface area contributed by atoms with Gasteiger partial charge in [0, 0.05) is 33.2 Å². The van der Waals surface area contributed by atoms with Crippen molar-refractivity contribution >= 4 is 11.5 Å². The van der Waals surface area contributed by atoms with E-state index in [1.807, 2.05) is 6.92 Å². The van der Waals surface area contributed by atoms with E-state index < -0.39 is 0 Å². The second kappa shape index (κ2) is 7.27. The van der Waals surface area contributed by atoms with Crippen LogP contribution in [0.5, 0.6) is 0 Å². The van der Waals surface area contributed by atoms with E-state index in [-0.39, 0.29) is 5.69 Å². The number of nitrogens with zero attached hydrogens (tertiary/aromatic N) is 4. The Kier molecular flexibility index (Phi) is 5.13. The van der Waals surface area contributed by atoms with Crippen LogP contribution in [0.25, 0.3) is 0 Å². The number of piperidine rings is 1. The lowest BCUT2D eigenvalue weighted by atomic mass is 10.1. The van der Waals surface area contributed by atoms with E-state index in [9.17, 15) is 4.79 Å². The largest absolute Gasteiger partial charge is 0.339 e. The lowest BCUT2D eigenvalue weighted by molar-refractivity contribution is 0.205. The molecule has 1 aliphatic rings. The van der Waals surface area contributed by atoms with Crippen LogP contribution in [0, 0.1) is 0 Å². The minimum Gasteiger partial charge on any atom is -0.299 e. The van der Waals surface area contributed by atoms with Gasteiger partial charge in [0.05, 0.1) is 6.04 Å². The first-order valence-electron chi connectivity index (χ1n) is 8.24. The molecular formula is C17H24N4OS. The number of rotatable bonds is 4. The Hall–Kier alpha value is -1.66. The van der Waals surface area contributed by atoms with E-state index in [1.54, 1.807) is 15.6 Å². The molecule has 0 unspecified atom stereocenters. The van der Waals surface area contributed by atoms with Crippen molar-refractivity contribution in [1.29, 1.82) is 0 Å². The SMILES string of the molecule is CCn1c(=NC2CCN(Cc3ccccc3)CC2)sn(C)c1=O. The minimum absolute atomic E-state index is 0.0396. The summed E-state index contributed by atoms with van der Waals surface area (Å²) in [4.78, 5) is 20.2. The Labute approximate surface area is 140 Å². The molecule has 124 valence electrons. The highest BCUT2D eigenvalue weighted by Crippen LogP contribution is 2.15. The second-order valence-electron chi connectivity index (χ2n) is 6.02. The number of benzene rings is 1. The topological polar surface area (TPSA) is 42.5 Å². The third-order valence-corrected chi connectivity index (χ3v) is 5.28. The van der Waals surface area contributed by atoms with Crippen LogP contribution in [0.4, 0.5) is 0 Å². The third-order valence-electron chi connectivity index (χ3n) is 4.37. The first-order chi connectivity index (χ1) is 11.2. The van der Waals surface area contributed by atoms with Crippen molar-refractivity contribution in [3.63, 3.8) is 0 Å². The first-order valence-corrected chi connectivity index (χ1v) is 9.02. The van der Waals surface area contributed by atoms with E-state index >= 15 is 0 Å². The zero-order valence-electron chi connectivity index (χ0n) is 13.8. The van der Waals surface area contributed by atoms with Gasteiger partial charge in [0.25, 0.3) is 0 Å². The van der Waals surface area contributed by atoms with Crippen molar-refractivity contribution in [3.8, 4) is 0 Å². The lowest BCUT2D eigenvalue weighted by Crippen LogP contribution is -2.36. The van der Waals surface area contributed by atoms with Crippen LogP contribution in [0.15, 0.2) is 40.1 Å². The molecule has 2 heterocycles. The molecule has 1 fully saturated rings. The van der Waals surface area contributed by atoms with Gasteiger partial charge in [-0.05, 0) is 36.9 Å². The molecule has 0 amide bonds. The van der Waals surface area contributed by atoms with Gasteiger partial charge in [-0.25, -0.2) is 8.75 Å². The van der Waals surface area contributed by atoms with Gasteiger partial charge in [-0.3, -0.25) is 14.5 Å². The molecule has 0 N–H and O–H groups in total. The fourth-order valence-corrected chi connectivity index (χ4v) is 3.95. The number of hydrogen-bond acceptors (Lipinski definition) is 4. The molecule has 23 heavy (non-hydrogen) atoms. The van der Waals surface area contributed by atoms with E-state index in [1.165, 1.54) is 17.1 Å². The van der Waals surface area contributed by atoms with Crippen LogP contribution < -0.4 is 10.5 Å². The van der Waals surface area contributed by atoms with Crippen LogP contribution in [-0.4, -0.2) is 32.6 Å². The van der Waals surface area contributed by atoms with Crippen molar-refractivity contribution in [2.24, 2.45) is 12.0 Å². The summed E-state index contributed by atoms with van der Waals surface area (Å²) < 4.78 is 3.42. The summed E-state index contributed by atoms with van der Waals surface area (Å²) in [5.41, 5.74) is 1.41. The molecule has 1 aromatic carbocycles. The van der Waals surface area contributed by atoms with Crippen molar-refractivity contribution in [3.05, 3.63) is 51.2 Å². The maximum Gasteiger partial charge on any atom is 0.339 e. The zero-order chi connectivity index (χ0) is 16.2. The molecular weight excluding hydrogens is 308 g/mol. The van der Waals surface area contributed by atoms with Crippen LogP contribution in [0.2, 0.25) is 0 Å². The van der Waals surface area contributed by atoms with Gasteiger partial charge in [-0.15, -0.1) is 0 Å². The summed E-state index contributed by atoms with van der Waals surface area (Å²) in [6, 6.07) is 10.9. The van der Waals surface area contributed by atoms with Crippen molar-refractivity contribution in [1.82, 2.24) is 13.4 Å². The second-order valence-corrected chi connectivity index (χ2v) is 7.12. The third kappa shape index (κ3) is 3.82. The Morgan fingerprint density at radius 1 is 1.22 bits per heavy atom. The zero-order valence-corrected chi connectivity index (χ0v) is 14.6. The Balaban J connectivity index is 1.64. The van der Waals surface area contributed by atoms with Crippen LogP contribution in [0.1, 0.15) is 25.3 Å². The molecule has 0 saturated carbocycles. The van der Waals surface area contributed by atoms with E-state index in [4.69, 9.17) is 4.99 Å². The molecule has 1 aromatic heterocycles. The number of aryl methyl sites for hydroxylation is 1. The molecule has 2 aromatic rings. The molecule has 0 aliphatic carbocycles. The summed E-state index contributed by atoms with van der Waals surface area (Å²) in [5.74, 6) is 0. The highest BCUT2D eigenvalue weighted by Gasteiger charge is 2.19. The molecule has 0 atom stereocenters. The molecule has 1 aliphatic heterocycles. The van der Waals surface area contributed by atoms with Crippen LogP contribution in [0.3, 0.4) is 0 Å². The van der Waals surface area contributed by atoms with E-state index in [2.05, 4.69) is 35.2 Å². The minimum atomic E-state index is 0.0396. The van der Waals surface area contributed by atoms with Gasteiger partial charge in [0.1, 0.15) is 0 Å². The smallest absolute Gasteiger partial charge is 0.299 e.